The number of nitrogens with zero attached hydrogens (tertiary/aromatic N) is 2. The van der Waals surface area contributed by atoms with Gasteiger partial charge in [-0.15, -0.1) is 0 Å². The predicted octanol–water partition coefficient (Wildman–Crippen LogP) is 5.24. The minimum Gasteiger partial charge on any atom is -0.378 e. The monoisotopic (exact) mass is 334 g/mol. The fourth-order valence-corrected chi connectivity index (χ4v) is 3.03. The van der Waals surface area contributed by atoms with Crippen molar-refractivity contribution in [3.8, 4) is 11.1 Å². The van der Waals surface area contributed by atoms with Crippen LogP contribution in [0.25, 0.3) is 22.0 Å². The van der Waals surface area contributed by atoms with Gasteiger partial charge in [-0.1, -0.05) is 24.3 Å². The Bertz CT molecular complexity index is 867. The van der Waals surface area contributed by atoms with E-state index in [-0.39, 0.29) is 5.60 Å². The highest BCUT2D eigenvalue weighted by Gasteiger charge is 2.22. The van der Waals surface area contributed by atoms with Crippen molar-refractivity contribution in [3.63, 3.8) is 0 Å². The summed E-state index contributed by atoms with van der Waals surface area (Å²) in [4.78, 5) is 6.91. The molecule has 0 unspecified atom stereocenters. The summed E-state index contributed by atoms with van der Waals surface area (Å²) in [7, 11) is 4.11. The van der Waals surface area contributed by atoms with Gasteiger partial charge in [-0.25, -0.2) is 4.98 Å². The van der Waals surface area contributed by atoms with Gasteiger partial charge in [0.2, 0.25) is 0 Å². The number of fused-ring (bicyclic) bond motifs is 1. The molecule has 0 aliphatic rings. The molecular formula is C22H26N2O. The molecule has 0 saturated carbocycles. The summed E-state index contributed by atoms with van der Waals surface area (Å²) in [6.45, 7) is 6.81. The summed E-state index contributed by atoms with van der Waals surface area (Å²) in [5, 5.41) is 1.14. The molecule has 1 aromatic heterocycles. The molecule has 3 nitrogen and oxygen atoms in total. The van der Waals surface area contributed by atoms with Crippen molar-refractivity contribution in [2.75, 3.05) is 25.6 Å². The lowest BCUT2D eigenvalue weighted by Gasteiger charge is -2.24. The maximum Gasteiger partial charge on any atom is 0.104 e. The number of ether oxygens (including phenoxy) is 1. The first-order valence-electron chi connectivity index (χ1n) is 8.74. The molecule has 3 rings (SSSR count). The zero-order valence-electron chi connectivity index (χ0n) is 15.7. The summed E-state index contributed by atoms with van der Waals surface area (Å²) in [5.41, 5.74) is 5.21. The van der Waals surface area contributed by atoms with Gasteiger partial charge >= 0.3 is 0 Å². The standard InChI is InChI=1S/C22H26N2O/c1-6-25-22(2,3)21-14-10-18-15-17(9-13-20(18)23-21)16-7-11-19(12-8-16)24(4)5/h7-15H,6H2,1-5H3. The van der Waals surface area contributed by atoms with Crippen molar-refractivity contribution >= 4 is 16.6 Å². The summed E-state index contributed by atoms with van der Waals surface area (Å²) in [6, 6.07) is 19.2. The van der Waals surface area contributed by atoms with E-state index in [1.54, 1.807) is 0 Å². The fourth-order valence-electron chi connectivity index (χ4n) is 3.03. The maximum absolute atomic E-state index is 5.82. The highest BCUT2D eigenvalue weighted by atomic mass is 16.5. The van der Waals surface area contributed by atoms with Crippen molar-refractivity contribution < 1.29 is 4.74 Å². The number of hydrogen-bond donors (Lipinski definition) is 0. The molecule has 3 aromatic rings. The molecule has 0 bridgehead atoms. The van der Waals surface area contributed by atoms with E-state index in [1.165, 1.54) is 16.8 Å². The first-order valence-corrected chi connectivity index (χ1v) is 8.74. The Kier molecular flexibility index (Phi) is 4.78. The number of pyridine rings is 1. The lowest BCUT2D eigenvalue weighted by molar-refractivity contribution is -0.0170. The van der Waals surface area contributed by atoms with Gasteiger partial charge in [-0.2, -0.15) is 0 Å². The predicted molar refractivity (Wildman–Crippen MR) is 106 cm³/mol. The van der Waals surface area contributed by atoms with E-state index in [4.69, 9.17) is 9.72 Å². The van der Waals surface area contributed by atoms with Crippen LogP contribution in [0.15, 0.2) is 54.6 Å². The second-order valence-electron chi connectivity index (χ2n) is 6.99. The van der Waals surface area contributed by atoms with E-state index in [0.29, 0.717) is 6.61 Å². The summed E-state index contributed by atoms with van der Waals surface area (Å²) < 4.78 is 5.82. The second kappa shape index (κ2) is 6.85. The van der Waals surface area contributed by atoms with Crippen molar-refractivity contribution in [2.24, 2.45) is 0 Å². The topological polar surface area (TPSA) is 25.4 Å². The lowest BCUT2D eigenvalue weighted by Crippen LogP contribution is -2.22. The quantitative estimate of drug-likeness (QED) is 0.638. The van der Waals surface area contributed by atoms with Crippen LogP contribution < -0.4 is 4.90 Å². The van der Waals surface area contributed by atoms with Crippen LogP contribution in [-0.4, -0.2) is 25.7 Å². The van der Waals surface area contributed by atoms with Crippen LogP contribution in [0, 0.1) is 0 Å². The zero-order valence-corrected chi connectivity index (χ0v) is 15.7. The minimum absolute atomic E-state index is 0.371. The zero-order chi connectivity index (χ0) is 18.0. The largest absolute Gasteiger partial charge is 0.378 e. The molecule has 0 aliphatic heterocycles. The molecule has 0 aliphatic carbocycles. The first kappa shape index (κ1) is 17.4. The Morgan fingerprint density at radius 1 is 0.920 bits per heavy atom. The normalized spacial score (nSPS) is 11.7. The van der Waals surface area contributed by atoms with Gasteiger partial charge in [0.1, 0.15) is 5.60 Å². The number of hydrogen-bond acceptors (Lipinski definition) is 3. The summed E-state index contributed by atoms with van der Waals surface area (Å²) in [6.07, 6.45) is 0. The molecule has 0 amide bonds. The van der Waals surface area contributed by atoms with E-state index >= 15 is 0 Å². The van der Waals surface area contributed by atoms with E-state index in [1.807, 2.05) is 6.92 Å². The van der Waals surface area contributed by atoms with Crippen LogP contribution in [0.2, 0.25) is 0 Å². The molecule has 0 N–H and O–H groups in total. The Morgan fingerprint density at radius 3 is 2.24 bits per heavy atom. The number of benzene rings is 2. The summed E-state index contributed by atoms with van der Waals surface area (Å²) >= 11 is 0. The minimum atomic E-state index is -0.371. The van der Waals surface area contributed by atoms with Gasteiger partial charge < -0.3 is 9.64 Å². The SMILES string of the molecule is CCOC(C)(C)c1ccc2cc(-c3ccc(N(C)C)cc3)ccc2n1. The van der Waals surface area contributed by atoms with Crippen LogP contribution in [-0.2, 0) is 10.3 Å². The molecule has 2 aromatic carbocycles. The number of rotatable bonds is 5. The third-order valence-corrected chi connectivity index (χ3v) is 4.53. The Hall–Kier alpha value is -2.39. The molecule has 3 heteroatoms. The van der Waals surface area contributed by atoms with Crippen molar-refractivity contribution in [2.45, 2.75) is 26.4 Å². The Labute approximate surface area is 150 Å². The van der Waals surface area contributed by atoms with Crippen molar-refractivity contribution in [3.05, 3.63) is 60.3 Å². The smallest absolute Gasteiger partial charge is 0.104 e. The van der Waals surface area contributed by atoms with Crippen LogP contribution in [0.5, 0.6) is 0 Å². The van der Waals surface area contributed by atoms with Gasteiger partial charge in [0, 0.05) is 31.8 Å². The highest BCUT2D eigenvalue weighted by molar-refractivity contribution is 5.84. The fraction of sp³-hybridized carbons (Fsp3) is 0.318. The molecule has 0 radical (unpaired) electrons. The van der Waals surface area contributed by atoms with Crippen molar-refractivity contribution in [1.82, 2.24) is 4.98 Å². The average Bonchev–Trinajstić information content (AvgIpc) is 2.61. The van der Waals surface area contributed by atoms with Crippen LogP contribution in [0.4, 0.5) is 5.69 Å². The maximum atomic E-state index is 5.82. The van der Waals surface area contributed by atoms with Gasteiger partial charge in [0.25, 0.3) is 0 Å². The Balaban J connectivity index is 1.95. The van der Waals surface area contributed by atoms with Gasteiger partial charge in [-0.3, -0.25) is 0 Å². The molecule has 0 saturated heterocycles. The average molecular weight is 334 g/mol. The molecule has 0 atom stereocenters. The molecular weight excluding hydrogens is 308 g/mol. The second-order valence-corrected chi connectivity index (χ2v) is 6.99. The first-order chi connectivity index (χ1) is 11.9. The van der Waals surface area contributed by atoms with E-state index < -0.39 is 0 Å². The molecule has 1 heterocycles. The van der Waals surface area contributed by atoms with Gasteiger partial charge in [0.05, 0.1) is 11.2 Å². The van der Waals surface area contributed by atoms with Gasteiger partial charge in [0.15, 0.2) is 0 Å². The lowest BCUT2D eigenvalue weighted by atomic mass is 10.00. The molecule has 0 spiro atoms. The third kappa shape index (κ3) is 3.67. The molecule has 25 heavy (non-hydrogen) atoms. The third-order valence-electron chi connectivity index (χ3n) is 4.53. The van der Waals surface area contributed by atoms with E-state index in [2.05, 4.69) is 87.4 Å². The Morgan fingerprint density at radius 2 is 1.60 bits per heavy atom. The number of aromatic nitrogens is 1. The molecule has 0 fully saturated rings. The highest BCUT2D eigenvalue weighted by Crippen LogP contribution is 2.28. The van der Waals surface area contributed by atoms with Crippen LogP contribution in [0.1, 0.15) is 26.5 Å². The molecule has 130 valence electrons. The van der Waals surface area contributed by atoms with Gasteiger partial charge in [-0.05, 0) is 62.2 Å². The summed E-state index contributed by atoms with van der Waals surface area (Å²) in [5.74, 6) is 0. The van der Waals surface area contributed by atoms with E-state index in [0.717, 1.165) is 16.6 Å². The van der Waals surface area contributed by atoms with E-state index in [9.17, 15) is 0 Å². The number of anilines is 1. The van der Waals surface area contributed by atoms with Crippen LogP contribution in [0.3, 0.4) is 0 Å². The van der Waals surface area contributed by atoms with Crippen LogP contribution >= 0.6 is 0 Å². The van der Waals surface area contributed by atoms with Crippen molar-refractivity contribution in [1.29, 1.82) is 0 Å².